The van der Waals surface area contributed by atoms with Gasteiger partial charge in [0.1, 0.15) is 17.4 Å². The largest absolute Gasteiger partial charge is 0.449 e. The Morgan fingerprint density at radius 3 is 2.48 bits per heavy atom. The third kappa shape index (κ3) is 6.33. The molecule has 0 aromatic carbocycles. The first-order valence-corrected chi connectivity index (χ1v) is 7.76. The van der Waals surface area contributed by atoms with Gasteiger partial charge in [-0.2, -0.15) is 5.26 Å². The molecule has 1 aromatic heterocycles. The van der Waals surface area contributed by atoms with Crippen molar-refractivity contribution in [2.45, 2.75) is 59.2 Å². The van der Waals surface area contributed by atoms with Gasteiger partial charge >= 0.3 is 6.09 Å². The predicted molar refractivity (Wildman–Crippen MR) is 87.7 cm³/mol. The van der Waals surface area contributed by atoms with E-state index in [9.17, 15) is 4.79 Å². The first kappa shape index (κ1) is 19.0. The summed E-state index contributed by atoms with van der Waals surface area (Å²) in [5.41, 5.74) is -0.857. The number of nitrogens with zero attached hydrogens (tertiary/aromatic N) is 1. The smallest absolute Gasteiger partial charge is 0.407 e. The maximum atomic E-state index is 11.8. The molecule has 0 radical (unpaired) electrons. The Hall–Kier alpha value is -2.00. The molecule has 0 aliphatic rings. The minimum Gasteiger partial charge on any atom is -0.449 e. The number of carbonyl (C=O) groups is 1. The van der Waals surface area contributed by atoms with Crippen LogP contribution in [0, 0.1) is 17.2 Å². The van der Waals surface area contributed by atoms with Crippen molar-refractivity contribution in [3.63, 3.8) is 0 Å². The van der Waals surface area contributed by atoms with Crippen molar-refractivity contribution < 1.29 is 13.9 Å². The summed E-state index contributed by atoms with van der Waals surface area (Å²) in [5, 5.41) is 15.0. The lowest BCUT2D eigenvalue weighted by molar-refractivity contribution is 0.0502. The van der Waals surface area contributed by atoms with Crippen LogP contribution in [-0.2, 0) is 11.3 Å². The van der Waals surface area contributed by atoms with E-state index in [1.807, 2.05) is 33.8 Å². The average Bonchev–Trinajstić information content (AvgIpc) is 2.89. The molecule has 128 valence electrons. The fourth-order valence-corrected chi connectivity index (χ4v) is 1.86. The minimum absolute atomic E-state index is 0.267. The van der Waals surface area contributed by atoms with Gasteiger partial charge in [0, 0.05) is 12.1 Å². The van der Waals surface area contributed by atoms with Crippen molar-refractivity contribution in [3.8, 4) is 6.07 Å². The lowest BCUT2D eigenvalue weighted by atomic mass is 9.88. The Bertz CT molecular complexity index is 566. The summed E-state index contributed by atoms with van der Waals surface area (Å²) in [4.78, 5) is 11.8. The third-order valence-corrected chi connectivity index (χ3v) is 3.71. The van der Waals surface area contributed by atoms with Crippen molar-refractivity contribution in [1.29, 1.82) is 5.26 Å². The van der Waals surface area contributed by atoms with Crippen LogP contribution in [0.4, 0.5) is 4.79 Å². The zero-order valence-electron chi connectivity index (χ0n) is 14.8. The van der Waals surface area contributed by atoms with E-state index in [2.05, 4.69) is 24.5 Å². The van der Waals surface area contributed by atoms with Gasteiger partial charge in [0.05, 0.1) is 6.54 Å². The highest BCUT2D eigenvalue weighted by atomic mass is 16.6. The standard InChI is InChI=1S/C17H27N3O3/c1-12(2)17(6,11-19-15(21)23-16(3,4)5)20-10-14-8-7-13(9-18)22-14/h7-8,12,20H,10-11H2,1-6H3,(H,19,21). The van der Waals surface area contributed by atoms with E-state index in [4.69, 9.17) is 14.4 Å². The Morgan fingerprint density at radius 1 is 1.35 bits per heavy atom. The van der Waals surface area contributed by atoms with Crippen molar-refractivity contribution in [2.75, 3.05) is 6.54 Å². The summed E-state index contributed by atoms with van der Waals surface area (Å²) >= 11 is 0. The number of alkyl carbamates (subject to hydrolysis) is 1. The van der Waals surface area contributed by atoms with Crippen LogP contribution < -0.4 is 10.6 Å². The zero-order valence-corrected chi connectivity index (χ0v) is 14.8. The molecule has 0 saturated heterocycles. The monoisotopic (exact) mass is 321 g/mol. The second-order valence-corrected chi connectivity index (χ2v) is 7.16. The molecule has 1 heterocycles. The van der Waals surface area contributed by atoms with Crippen LogP contribution in [0.1, 0.15) is 53.1 Å². The lowest BCUT2D eigenvalue weighted by Crippen LogP contribution is -2.55. The van der Waals surface area contributed by atoms with E-state index in [0.29, 0.717) is 24.6 Å². The summed E-state index contributed by atoms with van der Waals surface area (Å²) in [5.74, 6) is 1.24. The van der Waals surface area contributed by atoms with Gasteiger partial charge in [-0.1, -0.05) is 13.8 Å². The topological polar surface area (TPSA) is 87.3 Å². The van der Waals surface area contributed by atoms with E-state index in [-0.39, 0.29) is 11.5 Å². The molecule has 1 atom stereocenters. The molecule has 6 heteroatoms. The van der Waals surface area contributed by atoms with Gasteiger partial charge in [0.25, 0.3) is 0 Å². The molecular formula is C17H27N3O3. The van der Waals surface area contributed by atoms with Crippen LogP contribution in [0.5, 0.6) is 0 Å². The van der Waals surface area contributed by atoms with Crippen molar-refractivity contribution in [2.24, 2.45) is 5.92 Å². The number of nitriles is 1. The molecule has 0 aliphatic heterocycles. The number of amides is 1. The number of furan rings is 1. The number of rotatable bonds is 6. The van der Waals surface area contributed by atoms with Gasteiger partial charge in [-0.05, 0) is 45.7 Å². The molecular weight excluding hydrogens is 294 g/mol. The van der Waals surface area contributed by atoms with Crippen LogP contribution in [0.15, 0.2) is 16.5 Å². The summed E-state index contributed by atoms with van der Waals surface area (Å²) < 4.78 is 10.6. The van der Waals surface area contributed by atoms with Gasteiger partial charge < -0.3 is 19.8 Å². The quantitative estimate of drug-likeness (QED) is 0.840. The normalized spacial score (nSPS) is 14.2. The first-order chi connectivity index (χ1) is 10.6. The Kier molecular flexibility index (Phi) is 6.22. The van der Waals surface area contributed by atoms with Gasteiger partial charge in [-0.15, -0.1) is 0 Å². The van der Waals surface area contributed by atoms with Crippen LogP contribution in [0.25, 0.3) is 0 Å². The average molecular weight is 321 g/mol. The molecule has 2 N–H and O–H groups in total. The third-order valence-electron chi connectivity index (χ3n) is 3.71. The van der Waals surface area contributed by atoms with Crippen LogP contribution in [-0.4, -0.2) is 23.8 Å². The highest BCUT2D eigenvalue weighted by molar-refractivity contribution is 5.67. The second kappa shape index (κ2) is 7.51. The SMILES string of the molecule is CC(C)C(C)(CNC(=O)OC(C)(C)C)NCc1ccc(C#N)o1. The van der Waals surface area contributed by atoms with E-state index in [1.54, 1.807) is 12.1 Å². The van der Waals surface area contributed by atoms with Gasteiger partial charge in [0.2, 0.25) is 5.76 Å². The van der Waals surface area contributed by atoms with E-state index in [1.165, 1.54) is 0 Å². The van der Waals surface area contributed by atoms with E-state index < -0.39 is 11.7 Å². The predicted octanol–water partition coefficient (Wildman–Crippen LogP) is 3.18. The zero-order chi connectivity index (χ0) is 17.7. The fourth-order valence-electron chi connectivity index (χ4n) is 1.86. The van der Waals surface area contributed by atoms with E-state index in [0.717, 1.165) is 0 Å². The molecule has 1 amide bonds. The molecule has 6 nitrogen and oxygen atoms in total. The van der Waals surface area contributed by atoms with Crippen molar-refractivity contribution in [1.82, 2.24) is 10.6 Å². The summed E-state index contributed by atoms with van der Waals surface area (Å²) in [7, 11) is 0. The Labute approximate surface area is 138 Å². The van der Waals surface area contributed by atoms with Crippen LogP contribution >= 0.6 is 0 Å². The first-order valence-electron chi connectivity index (χ1n) is 7.76. The molecule has 0 saturated carbocycles. The number of nitrogens with one attached hydrogen (secondary N) is 2. The number of hydrogen-bond acceptors (Lipinski definition) is 5. The molecule has 0 fully saturated rings. The summed E-state index contributed by atoms with van der Waals surface area (Å²) in [6, 6.07) is 5.37. The lowest BCUT2D eigenvalue weighted by Gasteiger charge is -2.35. The highest BCUT2D eigenvalue weighted by Gasteiger charge is 2.29. The maximum absolute atomic E-state index is 11.8. The van der Waals surface area contributed by atoms with Gasteiger partial charge in [0.15, 0.2) is 0 Å². The van der Waals surface area contributed by atoms with Gasteiger partial charge in [-0.25, -0.2) is 4.79 Å². The molecule has 0 aliphatic carbocycles. The summed E-state index contributed by atoms with van der Waals surface area (Å²) in [6.07, 6.45) is -0.434. The summed E-state index contributed by atoms with van der Waals surface area (Å²) in [6.45, 7) is 12.6. The number of hydrogen-bond donors (Lipinski definition) is 2. The van der Waals surface area contributed by atoms with Crippen LogP contribution in [0.2, 0.25) is 0 Å². The van der Waals surface area contributed by atoms with Gasteiger partial charge in [-0.3, -0.25) is 0 Å². The number of ether oxygens (including phenoxy) is 1. The van der Waals surface area contributed by atoms with E-state index >= 15 is 0 Å². The fraction of sp³-hybridized carbons (Fsp3) is 0.647. The Morgan fingerprint density at radius 2 is 2.00 bits per heavy atom. The molecule has 23 heavy (non-hydrogen) atoms. The molecule has 1 rings (SSSR count). The van der Waals surface area contributed by atoms with Crippen LogP contribution in [0.3, 0.4) is 0 Å². The molecule has 0 spiro atoms. The molecule has 0 bridgehead atoms. The highest BCUT2D eigenvalue weighted by Crippen LogP contribution is 2.18. The van der Waals surface area contributed by atoms with Crippen molar-refractivity contribution in [3.05, 3.63) is 23.7 Å². The van der Waals surface area contributed by atoms with Crippen molar-refractivity contribution >= 4 is 6.09 Å². The molecule has 1 aromatic rings. The molecule has 1 unspecified atom stereocenters. The maximum Gasteiger partial charge on any atom is 0.407 e. The Balaban J connectivity index is 2.61. The minimum atomic E-state index is -0.520. The number of carbonyl (C=O) groups excluding carboxylic acids is 1. The second-order valence-electron chi connectivity index (χ2n) is 7.16.